The van der Waals surface area contributed by atoms with Gasteiger partial charge in [0.1, 0.15) is 0 Å². The standard InChI is InChI=1S/C20H18BrN3O2/c1-13-4-9-17(16-3-2-11-22-19(13)16)24-18(25)10-12-23-20(26)14-5-7-15(21)8-6-14/h2-9,11H,10,12H2,1H3,(H,23,26)(H,24,25). The van der Waals surface area contributed by atoms with Gasteiger partial charge in [-0.2, -0.15) is 0 Å². The van der Waals surface area contributed by atoms with Gasteiger partial charge in [0.2, 0.25) is 5.91 Å². The molecule has 3 rings (SSSR count). The van der Waals surface area contributed by atoms with E-state index in [1.54, 1.807) is 30.5 Å². The van der Waals surface area contributed by atoms with Crippen LogP contribution in [0.25, 0.3) is 10.9 Å². The van der Waals surface area contributed by atoms with Crippen molar-refractivity contribution in [2.75, 3.05) is 11.9 Å². The third kappa shape index (κ3) is 4.26. The second kappa shape index (κ2) is 8.10. The molecule has 1 aromatic heterocycles. The minimum absolute atomic E-state index is 0.157. The first-order chi connectivity index (χ1) is 12.5. The second-order valence-corrected chi connectivity index (χ2v) is 6.81. The van der Waals surface area contributed by atoms with E-state index < -0.39 is 0 Å². The number of anilines is 1. The zero-order chi connectivity index (χ0) is 18.5. The SMILES string of the molecule is Cc1ccc(NC(=O)CCNC(=O)c2ccc(Br)cc2)c2cccnc12. The molecule has 2 aromatic carbocycles. The highest BCUT2D eigenvalue weighted by atomic mass is 79.9. The molecule has 2 amide bonds. The van der Waals surface area contributed by atoms with Gasteiger partial charge in [-0.05, 0) is 55.0 Å². The lowest BCUT2D eigenvalue weighted by atomic mass is 10.1. The van der Waals surface area contributed by atoms with Crippen LogP contribution in [0.5, 0.6) is 0 Å². The van der Waals surface area contributed by atoms with Gasteiger partial charge < -0.3 is 10.6 Å². The summed E-state index contributed by atoms with van der Waals surface area (Å²) in [4.78, 5) is 28.6. The lowest BCUT2D eigenvalue weighted by Crippen LogP contribution is -2.27. The number of halogens is 1. The number of aryl methyl sites for hydroxylation is 1. The summed E-state index contributed by atoms with van der Waals surface area (Å²) in [5.74, 6) is -0.356. The number of rotatable bonds is 5. The first-order valence-corrected chi connectivity index (χ1v) is 9.02. The molecule has 1 heterocycles. The van der Waals surface area contributed by atoms with Gasteiger partial charge in [-0.25, -0.2) is 0 Å². The second-order valence-electron chi connectivity index (χ2n) is 5.89. The summed E-state index contributed by atoms with van der Waals surface area (Å²) in [6.07, 6.45) is 1.93. The Morgan fingerprint density at radius 1 is 1.08 bits per heavy atom. The number of fused-ring (bicyclic) bond motifs is 1. The fourth-order valence-corrected chi connectivity index (χ4v) is 2.89. The number of hydrogen-bond acceptors (Lipinski definition) is 3. The molecule has 0 spiro atoms. The fraction of sp³-hybridized carbons (Fsp3) is 0.150. The number of aromatic nitrogens is 1. The molecule has 0 aliphatic carbocycles. The molecular formula is C20H18BrN3O2. The highest BCUT2D eigenvalue weighted by molar-refractivity contribution is 9.10. The molecule has 6 heteroatoms. The minimum atomic E-state index is -0.199. The number of nitrogens with zero attached hydrogens (tertiary/aromatic N) is 1. The van der Waals surface area contributed by atoms with Crippen molar-refractivity contribution >= 4 is 44.3 Å². The van der Waals surface area contributed by atoms with Gasteiger partial charge in [0, 0.05) is 34.6 Å². The molecule has 0 fully saturated rings. The Balaban J connectivity index is 1.57. The number of benzene rings is 2. The van der Waals surface area contributed by atoms with Gasteiger partial charge >= 0.3 is 0 Å². The average Bonchev–Trinajstić information content (AvgIpc) is 2.65. The summed E-state index contributed by atoms with van der Waals surface area (Å²) in [6, 6.07) is 14.6. The van der Waals surface area contributed by atoms with Crippen molar-refractivity contribution in [1.29, 1.82) is 0 Å². The van der Waals surface area contributed by atoms with Crippen molar-refractivity contribution < 1.29 is 9.59 Å². The highest BCUT2D eigenvalue weighted by Gasteiger charge is 2.09. The predicted octanol–water partition coefficient (Wildman–Crippen LogP) is 4.06. The zero-order valence-corrected chi connectivity index (χ0v) is 15.8. The van der Waals surface area contributed by atoms with Crippen LogP contribution >= 0.6 is 15.9 Å². The summed E-state index contributed by atoms with van der Waals surface area (Å²) in [5.41, 5.74) is 3.21. The minimum Gasteiger partial charge on any atom is -0.352 e. The smallest absolute Gasteiger partial charge is 0.251 e. The van der Waals surface area contributed by atoms with Crippen LogP contribution in [-0.2, 0) is 4.79 Å². The van der Waals surface area contributed by atoms with Gasteiger partial charge in [0.05, 0.1) is 11.2 Å². The van der Waals surface area contributed by atoms with Crippen LogP contribution in [-0.4, -0.2) is 23.3 Å². The van der Waals surface area contributed by atoms with Gasteiger partial charge in [-0.3, -0.25) is 14.6 Å². The topological polar surface area (TPSA) is 71.1 Å². The van der Waals surface area contributed by atoms with E-state index in [4.69, 9.17) is 0 Å². The Bertz CT molecular complexity index is 955. The Kier molecular flexibility index (Phi) is 5.63. The molecule has 3 aromatic rings. The van der Waals surface area contributed by atoms with Crippen molar-refractivity contribution in [2.45, 2.75) is 13.3 Å². The number of hydrogen-bond donors (Lipinski definition) is 2. The van der Waals surface area contributed by atoms with Crippen LogP contribution in [0.4, 0.5) is 5.69 Å². The maximum Gasteiger partial charge on any atom is 0.251 e. The van der Waals surface area contributed by atoms with E-state index >= 15 is 0 Å². The van der Waals surface area contributed by atoms with E-state index in [1.165, 1.54) is 0 Å². The summed E-state index contributed by atoms with van der Waals surface area (Å²) in [5, 5.41) is 6.55. The molecule has 0 bridgehead atoms. The fourth-order valence-electron chi connectivity index (χ4n) is 2.63. The first kappa shape index (κ1) is 18.1. The Hall–Kier alpha value is -2.73. The predicted molar refractivity (Wildman–Crippen MR) is 106 cm³/mol. The number of carbonyl (C=O) groups is 2. The normalized spacial score (nSPS) is 10.5. The van der Waals surface area contributed by atoms with Crippen LogP contribution in [0.1, 0.15) is 22.3 Å². The number of nitrogens with one attached hydrogen (secondary N) is 2. The Labute approximate surface area is 160 Å². The Morgan fingerprint density at radius 2 is 1.85 bits per heavy atom. The van der Waals surface area contributed by atoms with Gasteiger partial charge in [-0.1, -0.05) is 22.0 Å². The molecule has 132 valence electrons. The van der Waals surface area contributed by atoms with Gasteiger partial charge in [0.15, 0.2) is 0 Å². The van der Waals surface area contributed by atoms with E-state index in [2.05, 4.69) is 31.5 Å². The van der Waals surface area contributed by atoms with Crippen molar-refractivity contribution in [3.8, 4) is 0 Å². The summed E-state index contributed by atoms with van der Waals surface area (Å²) < 4.78 is 0.910. The van der Waals surface area contributed by atoms with Gasteiger partial charge in [-0.15, -0.1) is 0 Å². The van der Waals surface area contributed by atoms with Crippen LogP contribution in [0.2, 0.25) is 0 Å². The lowest BCUT2D eigenvalue weighted by molar-refractivity contribution is -0.116. The van der Waals surface area contributed by atoms with E-state index in [1.807, 2.05) is 31.2 Å². The van der Waals surface area contributed by atoms with E-state index in [0.717, 1.165) is 26.6 Å². The first-order valence-electron chi connectivity index (χ1n) is 8.22. The maximum atomic E-state index is 12.2. The highest BCUT2D eigenvalue weighted by Crippen LogP contribution is 2.24. The third-order valence-electron chi connectivity index (χ3n) is 3.99. The molecule has 2 N–H and O–H groups in total. The molecule has 0 atom stereocenters. The van der Waals surface area contributed by atoms with Crippen molar-refractivity contribution in [3.05, 3.63) is 70.3 Å². The van der Waals surface area contributed by atoms with Crippen LogP contribution in [0, 0.1) is 6.92 Å². The molecule has 0 unspecified atom stereocenters. The van der Waals surface area contributed by atoms with E-state index in [0.29, 0.717) is 5.56 Å². The molecule has 5 nitrogen and oxygen atoms in total. The lowest BCUT2D eigenvalue weighted by Gasteiger charge is -2.10. The van der Waals surface area contributed by atoms with Crippen molar-refractivity contribution in [1.82, 2.24) is 10.3 Å². The summed E-state index contributed by atoms with van der Waals surface area (Å²) >= 11 is 3.33. The monoisotopic (exact) mass is 411 g/mol. The molecule has 26 heavy (non-hydrogen) atoms. The number of amides is 2. The van der Waals surface area contributed by atoms with Crippen molar-refractivity contribution in [2.24, 2.45) is 0 Å². The zero-order valence-electron chi connectivity index (χ0n) is 14.3. The average molecular weight is 412 g/mol. The van der Waals surface area contributed by atoms with Crippen LogP contribution < -0.4 is 10.6 Å². The van der Waals surface area contributed by atoms with Gasteiger partial charge in [0.25, 0.3) is 5.91 Å². The quantitative estimate of drug-likeness (QED) is 0.664. The molecule has 0 saturated heterocycles. The number of carbonyl (C=O) groups excluding carboxylic acids is 2. The molecule has 0 radical (unpaired) electrons. The molecule has 0 aliphatic heterocycles. The molecular weight excluding hydrogens is 394 g/mol. The third-order valence-corrected chi connectivity index (χ3v) is 4.52. The Morgan fingerprint density at radius 3 is 2.62 bits per heavy atom. The molecule has 0 saturated carbocycles. The maximum absolute atomic E-state index is 12.2. The van der Waals surface area contributed by atoms with E-state index in [-0.39, 0.29) is 24.8 Å². The largest absolute Gasteiger partial charge is 0.352 e. The number of pyridine rings is 1. The van der Waals surface area contributed by atoms with Crippen LogP contribution in [0.15, 0.2) is 59.2 Å². The molecule has 0 aliphatic rings. The summed E-state index contributed by atoms with van der Waals surface area (Å²) in [7, 11) is 0. The van der Waals surface area contributed by atoms with Crippen molar-refractivity contribution in [3.63, 3.8) is 0 Å². The van der Waals surface area contributed by atoms with Crippen LogP contribution in [0.3, 0.4) is 0 Å². The summed E-state index contributed by atoms with van der Waals surface area (Å²) in [6.45, 7) is 2.25. The van der Waals surface area contributed by atoms with E-state index in [9.17, 15) is 9.59 Å².